The molecule has 2 N–H and O–H groups in total. The van der Waals surface area contributed by atoms with Crippen LogP contribution in [0.15, 0.2) is 48.7 Å². The highest BCUT2D eigenvalue weighted by Crippen LogP contribution is 2.53. The monoisotopic (exact) mass is 434 g/mol. The van der Waals surface area contributed by atoms with Crippen LogP contribution in [0.2, 0.25) is 0 Å². The molecule has 3 heterocycles. The van der Waals surface area contributed by atoms with E-state index in [1.54, 1.807) is 11.1 Å². The van der Waals surface area contributed by atoms with Gasteiger partial charge in [-0.05, 0) is 23.3 Å². The molecule has 32 heavy (non-hydrogen) atoms. The van der Waals surface area contributed by atoms with Crippen LogP contribution in [0.5, 0.6) is 5.75 Å². The van der Waals surface area contributed by atoms with Crippen molar-refractivity contribution in [3.05, 3.63) is 69.9 Å². The fourth-order valence-corrected chi connectivity index (χ4v) is 5.09. The molecule has 2 aromatic carbocycles. The Hall–Kier alpha value is -4.21. The van der Waals surface area contributed by atoms with E-state index in [0.717, 1.165) is 22.1 Å². The molecule has 10 heteroatoms. The average molecular weight is 434 g/mol. The second kappa shape index (κ2) is 6.91. The van der Waals surface area contributed by atoms with Gasteiger partial charge < -0.3 is 15.4 Å². The highest BCUT2D eigenvalue weighted by atomic mass is 16.6. The van der Waals surface area contributed by atoms with Crippen LogP contribution in [-0.4, -0.2) is 40.7 Å². The Bertz CT molecular complexity index is 1220. The van der Waals surface area contributed by atoms with Gasteiger partial charge in [-0.1, -0.05) is 24.3 Å². The molecule has 10 nitrogen and oxygen atoms in total. The highest BCUT2D eigenvalue weighted by molar-refractivity contribution is 6.24. The third kappa shape index (κ3) is 2.55. The maximum atomic E-state index is 13.7. The molecule has 0 unspecified atom stereocenters. The molecular formula is C22H18N4O6. The fourth-order valence-electron chi connectivity index (χ4n) is 5.09. The first-order chi connectivity index (χ1) is 15.3. The minimum absolute atomic E-state index is 0.0273. The summed E-state index contributed by atoms with van der Waals surface area (Å²) < 4.78 is 5.27. The van der Waals surface area contributed by atoms with E-state index >= 15 is 0 Å². The Morgan fingerprint density at radius 1 is 1.12 bits per heavy atom. The third-order valence-electron chi connectivity index (χ3n) is 6.37. The first-order valence-electron chi connectivity index (χ1n) is 9.89. The zero-order chi connectivity index (χ0) is 22.7. The molecule has 0 bridgehead atoms. The number of rotatable bonds is 4. The molecule has 162 valence electrons. The number of nitro groups is 1. The van der Waals surface area contributed by atoms with Gasteiger partial charge in [-0.15, -0.1) is 0 Å². The second-order valence-corrected chi connectivity index (χ2v) is 7.86. The molecule has 3 aliphatic rings. The van der Waals surface area contributed by atoms with Crippen molar-refractivity contribution in [1.82, 2.24) is 4.90 Å². The van der Waals surface area contributed by atoms with E-state index in [2.05, 4.69) is 0 Å². The van der Waals surface area contributed by atoms with Gasteiger partial charge in [0, 0.05) is 18.3 Å². The largest absolute Gasteiger partial charge is 0.495 e. The number of fused-ring (bicyclic) bond motifs is 5. The van der Waals surface area contributed by atoms with Crippen LogP contribution in [0.4, 0.5) is 11.4 Å². The number of nitrogens with two attached hydrogens (primary N) is 1. The molecule has 4 atom stereocenters. The van der Waals surface area contributed by atoms with Crippen LogP contribution in [0, 0.1) is 22.0 Å². The number of benzene rings is 2. The number of nitrogens with zero attached hydrogens (tertiary/aromatic N) is 3. The minimum Gasteiger partial charge on any atom is -0.495 e. The molecule has 3 aliphatic heterocycles. The molecule has 5 rings (SSSR count). The number of anilines is 1. The number of imide groups is 1. The predicted molar refractivity (Wildman–Crippen MR) is 112 cm³/mol. The molecule has 2 fully saturated rings. The van der Waals surface area contributed by atoms with Crippen molar-refractivity contribution < 1.29 is 24.0 Å². The summed E-state index contributed by atoms with van der Waals surface area (Å²) in [5, 5.41) is 11.3. The van der Waals surface area contributed by atoms with Gasteiger partial charge >= 0.3 is 0 Å². The van der Waals surface area contributed by atoms with Gasteiger partial charge in [0.1, 0.15) is 17.5 Å². The first kappa shape index (κ1) is 19.7. The Morgan fingerprint density at radius 3 is 2.53 bits per heavy atom. The number of carbonyl (C=O) groups excluding carboxylic acids is 3. The number of primary amides is 1. The van der Waals surface area contributed by atoms with Crippen molar-refractivity contribution in [2.24, 2.45) is 17.6 Å². The Balaban J connectivity index is 1.66. The van der Waals surface area contributed by atoms with Gasteiger partial charge in [-0.2, -0.15) is 0 Å². The Morgan fingerprint density at radius 2 is 1.84 bits per heavy atom. The number of methoxy groups -OCH3 is 1. The van der Waals surface area contributed by atoms with E-state index in [-0.39, 0.29) is 17.1 Å². The summed E-state index contributed by atoms with van der Waals surface area (Å²) in [5.74, 6) is -3.68. The lowest BCUT2D eigenvalue weighted by Crippen LogP contribution is -2.46. The molecule has 0 aromatic heterocycles. The maximum Gasteiger partial charge on any atom is 0.271 e. The molecular weight excluding hydrogens is 416 g/mol. The van der Waals surface area contributed by atoms with Crippen molar-refractivity contribution in [3.8, 4) is 5.75 Å². The summed E-state index contributed by atoms with van der Waals surface area (Å²) in [6, 6.07) is 9.52. The number of hydrogen-bond donors (Lipinski definition) is 1. The minimum atomic E-state index is -1.03. The van der Waals surface area contributed by atoms with Gasteiger partial charge in [0.2, 0.25) is 17.7 Å². The molecule has 0 spiro atoms. The molecule has 2 aromatic rings. The van der Waals surface area contributed by atoms with Crippen LogP contribution in [0.3, 0.4) is 0 Å². The second-order valence-electron chi connectivity index (χ2n) is 7.86. The number of nitro benzene ring substituents is 1. The number of carbonyl (C=O) groups is 3. The molecule has 0 aliphatic carbocycles. The summed E-state index contributed by atoms with van der Waals surface area (Å²) in [5.41, 5.74) is 7.05. The lowest BCUT2D eigenvalue weighted by Gasteiger charge is -2.34. The Labute approximate surface area is 182 Å². The molecule has 2 saturated heterocycles. The van der Waals surface area contributed by atoms with Crippen LogP contribution in [0.25, 0.3) is 6.08 Å². The first-order valence-corrected chi connectivity index (χ1v) is 9.89. The van der Waals surface area contributed by atoms with Crippen LogP contribution in [0.1, 0.15) is 17.2 Å². The predicted octanol–water partition coefficient (Wildman–Crippen LogP) is 1.60. The topological polar surface area (TPSA) is 136 Å². The SMILES string of the molecule is COc1ccc([N+](=O)[O-])cc1N1C(=O)[C@@H]2[C@H](C1=O)[C@H]1c3ccccc3C=CN1[C@@H]2C(N)=O. The summed E-state index contributed by atoms with van der Waals surface area (Å²) in [7, 11) is 1.34. The molecule has 0 saturated carbocycles. The fraction of sp³-hybridized carbons (Fsp3) is 0.227. The van der Waals surface area contributed by atoms with E-state index in [1.807, 2.05) is 30.3 Å². The van der Waals surface area contributed by atoms with E-state index in [1.165, 1.54) is 19.2 Å². The molecule has 0 radical (unpaired) electrons. The van der Waals surface area contributed by atoms with Crippen molar-refractivity contribution >= 4 is 35.2 Å². The van der Waals surface area contributed by atoms with Gasteiger partial charge in [0.25, 0.3) is 5.69 Å². The van der Waals surface area contributed by atoms with Crippen LogP contribution < -0.4 is 15.4 Å². The number of hydrogen-bond acceptors (Lipinski definition) is 7. The normalized spacial score (nSPS) is 25.4. The number of non-ortho nitro benzene ring substituents is 1. The average Bonchev–Trinajstić information content (AvgIpc) is 3.26. The summed E-state index contributed by atoms with van der Waals surface area (Å²) >= 11 is 0. The van der Waals surface area contributed by atoms with Crippen molar-refractivity contribution in [2.45, 2.75) is 12.1 Å². The van der Waals surface area contributed by atoms with E-state index in [9.17, 15) is 24.5 Å². The van der Waals surface area contributed by atoms with Gasteiger partial charge in [-0.3, -0.25) is 24.5 Å². The Kier molecular flexibility index (Phi) is 4.26. The summed E-state index contributed by atoms with van der Waals surface area (Å²) in [4.78, 5) is 52.9. The van der Waals surface area contributed by atoms with Crippen molar-refractivity contribution in [1.29, 1.82) is 0 Å². The molecule has 3 amide bonds. The van der Waals surface area contributed by atoms with Crippen LogP contribution >= 0.6 is 0 Å². The van der Waals surface area contributed by atoms with E-state index in [0.29, 0.717) is 0 Å². The van der Waals surface area contributed by atoms with Gasteiger partial charge in [-0.25, -0.2) is 4.90 Å². The van der Waals surface area contributed by atoms with Gasteiger partial charge in [0.05, 0.1) is 29.9 Å². The maximum absolute atomic E-state index is 13.7. The number of ether oxygens (including phenoxy) is 1. The number of amides is 3. The zero-order valence-electron chi connectivity index (χ0n) is 16.9. The smallest absolute Gasteiger partial charge is 0.271 e. The summed E-state index contributed by atoms with van der Waals surface area (Å²) in [6.45, 7) is 0. The van der Waals surface area contributed by atoms with Crippen molar-refractivity contribution in [3.63, 3.8) is 0 Å². The lowest BCUT2D eigenvalue weighted by atomic mass is 9.84. The van der Waals surface area contributed by atoms with Gasteiger partial charge in [0.15, 0.2) is 0 Å². The quantitative estimate of drug-likeness (QED) is 0.438. The van der Waals surface area contributed by atoms with Crippen LogP contribution in [-0.2, 0) is 14.4 Å². The summed E-state index contributed by atoms with van der Waals surface area (Å²) in [6.07, 6.45) is 3.51. The zero-order valence-corrected chi connectivity index (χ0v) is 16.9. The van der Waals surface area contributed by atoms with E-state index in [4.69, 9.17) is 10.5 Å². The standard InChI is InChI=1S/C22H18N4O6/c1-32-15-7-6-12(26(30)31)10-14(15)25-21(28)16-17(22(25)29)19(20(23)27)24-9-8-11-4-2-3-5-13(11)18(16)24/h2-10,16-19H,1H3,(H2,23,27)/t16-,17+,18+,19-/m0/s1. The third-order valence-corrected chi connectivity index (χ3v) is 6.37. The van der Waals surface area contributed by atoms with Crippen molar-refractivity contribution in [2.75, 3.05) is 12.0 Å². The lowest BCUT2D eigenvalue weighted by molar-refractivity contribution is -0.384. The highest BCUT2D eigenvalue weighted by Gasteiger charge is 2.64. The van der Waals surface area contributed by atoms with E-state index < -0.39 is 46.6 Å².